The molecule has 0 spiro atoms. The van der Waals surface area contributed by atoms with Crippen molar-refractivity contribution in [1.82, 2.24) is 4.72 Å². The first-order chi connectivity index (χ1) is 12.4. The predicted molar refractivity (Wildman–Crippen MR) is 105 cm³/mol. The third kappa shape index (κ3) is 4.28. The monoisotopic (exact) mass is 390 g/mol. The zero-order valence-corrected chi connectivity index (χ0v) is 16.5. The molecule has 2 aromatic rings. The first-order valence-electron chi connectivity index (χ1n) is 8.47. The minimum Gasteiger partial charge on any atom is -0.311 e. The molecule has 3 rings (SSSR count). The maximum absolute atomic E-state index is 12.7. The number of sulfonamides is 1. The van der Waals surface area contributed by atoms with Crippen LogP contribution < -0.4 is 9.62 Å². The van der Waals surface area contributed by atoms with E-state index in [1.165, 1.54) is 6.92 Å². The van der Waals surface area contributed by atoms with Gasteiger partial charge in [-0.1, -0.05) is 29.8 Å². The Hall–Kier alpha value is -1.83. The summed E-state index contributed by atoms with van der Waals surface area (Å²) in [5.41, 5.74) is 2.71. The summed E-state index contributed by atoms with van der Waals surface area (Å²) in [5, 5.41) is 0. The molecule has 1 aliphatic rings. The molecule has 1 N–H and O–H groups in total. The van der Waals surface area contributed by atoms with Gasteiger partial charge in [-0.05, 0) is 42.9 Å². The standard InChI is InChI=1S/C19H22N2O3S2/c1-14-4-6-16(7-5-14)13-20-26(23,24)17-8-9-19-18(12-17)21(15(2)22)10-3-11-25-19/h4-9,12,20H,3,10-11,13H2,1-2H3. The highest BCUT2D eigenvalue weighted by molar-refractivity contribution is 7.99. The first-order valence-corrected chi connectivity index (χ1v) is 10.9. The number of anilines is 1. The van der Waals surface area contributed by atoms with Gasteiger partial charge in [0.25, 0.3) is 0 Å². The molecule has 138 valence electrons. The van der Waals surface area contributed by atoms with Crippen LogP contribution in [0, 0.1) is 6.92 Å². The van der Waals surface area contributed by atoms with E-state index in [1.54, 1.807) is 34.9 Å². The van der Waals surface area contributed by atoms with Crippen molar-refractivity contribution >= 4 is 33.4 Å². The fourth-order valence-electron chi connectivity index (χ4n) is 2.82. The number of hydrogen-bond donors (Lipinski definition) is 1. The summed E-state index contributed by atoms with van der Waals surface area (Å²) in [5.74, 6) is 0.838. The molecule has 1 heterocycles. The molecule has 26 heavy (non-hydrogen) atoms. The van der Waals surface area contributed by atoms with Gasteiger partial charge in [0.2, 0.25) is 15.9 Å². The summed E-state index contributed by atoms with van der Waals surface area (Å²) < 4.78 is 28.0. The fourth-order valence-corrected chi connectivity index (χ4v) is 4.83. The molecule has 1 amide bonds. The summed E-state index contributed by atoms with van der Waals surface area (Å²) in [6, 6.07) is 12.7. The summed E-state index contributed by atoms with van der Waals surface area (Å²) >= 11 is 1.65. The Kier molecular flexibility index (Phi) is 5.70. The molecule has 0 aliphatic carbocycles. The highest BCUT2D eigenvalue weighted by atomic mass is 32.2. The van der Waals surface area contributed by atoms with E-state index >= 15 is 0 Å². The number of thioether (sulfide) groups is 1. The highest BCUT2D eigenvalue weighted by Crippen LogP contribution is 2.35. The normalized spacial score (nSPS) is 14.6. The molecule has 0 atom stereocenters. The number of fused-ring (bicyclic) bond motifs is 1. The van der Waals surface area contributed by atoms with Crippen molar-refractivity contribution in [1.29, 1.82) is 0 Å². The van der Waals surface area contributed by atoms with Crippen LogP contribution >= 0.6 is 11.8 Å². The van der Waals surface area contributed by atoms with E-state index in [0.29, 0.717) is 12.2 Å². The average Bonchev–Trinajstić information content (AvgIpc) is 2.83. The Labute approximate surface area is 158 Å². The van der Waals surface area contributed by atoms with Crippen molar-refractivity contribution in [3.05, 3.63) is 53.6 Å². The number of aryl methyl sites for hydroxylation is 1. The van der Waals surface area contributed by atoms with Gasteiger partial charge in [0, 0.05) is 24.9 Å². The zero-order chi connectivity index (χ0) is 18.7. The number of carbonyl (C=O) groups is 1. The quantitative estimate of drug-likeness (QED) is 0.870. The Morgan fingerprint density at radius 3 is 2.62 bits per heavy atom. The Bertz CT molecular complexity index is 909. The molecular weight excluding hydrogens is 368 g/mol. The number of benzene rings is 2. The van der Waals surface area contributed by atoms with Crippen LogP contribution in [0.3, 0.4) is 0 Å². The van der Waals surface area contributed by atoms with Crippen molar-refractivity contribution in [3.63, 3.8) is 0 Å². The highest BCUT2D eigenvalue weighted by Gasteiger charge is 2.22. The van der Waals surface area contributed by atoms with Gasteiger partial charge in [0.1, 0.15) is 0 Å². The third-order valence-corrected chi connectivity index (χ3v) is 6.83. The van der Waals surface area contributed by atoms with Gasteiger partial charge < -0.3 is 4.90 Å². The summed E-state index contributed by atoms with van der Waals surface area (Å²) in [7, 11) is -3.66. The van der Waals surface area contributed by atoms with E-state index in [2.05, 4.69) is 4.72 Å². The van der Waals surface area contributed by atoms with E-state index in [9.17, 15) is 13.2 Å². The average molecular weight is 391 g/mol. The van der Waals surface area contributed by atoms with Gasteiger partial charge in [0.05, 0.1) is 10.6 Å². The molecule has 0 bridgehead atoms. The molecule has 5 nitrogen and oxygen atoms in total. The predicted octanol–water partition coefficient (Wildman–Crippen LogP) is 3.32. The second-order valence-electron chi connectivity index (χ2n) is 6.31. The van der Waals surface area contributed by atoms with Crippen LogP contribution in [0.5, 0.6) is 0 Å². The van der Waals surface area contributed by atoms with Crippen molar-refractivity contribution < 1.29 is 13.2 Å². The topological polar surface area (TPSA) is 66.5 Å². The zero-order valence-electron chi connectivity index (χ0n) is 14.9. The number of carbonyl (C=O) groups excluding carboxylic acids is 1. The molecule has 0 radical (unpaired) electrons. The lowest BCUT2D eigenvalue weighted by Crippen LogP contribution is -2.30. The van der Waals surface area contributed by atoms with Crippen LogP contribution in [-0.4, -0.2) is 26.6 Å². The van der Waals surface area contributed by atoms with E-state index in [1.807, 2.05) is 31.2 Å². The number of rotatable bonds is 4. The van der Waals surface area contributed by atoms with Crippen LogP contribution in [0.25, 0.3) is 0 Å². The van der Waals surface area contributed by atoms with Gasteiger partial charge in [0.15, 0.2) is 0 Å². The lowest BCUT2D eigenvalue weighted by Gasteiger charge is -2.21. The first kappa shape index (κ1) is 18.9. The van der Waals surface area contributed by atoms with Crippen molar-refractivity contribution in [2.24, 2.45) is 0 Å². The maximum Gasteiger partial charge on any atom is 0.240 e. The molecule has 7 heteroatoms. The third-order valence-electron chi connectivity index (χ3n) is 4.28. The Morgan fingerprint density at radius 2 is 1.92 bits per heavy atom. The molecular formula is C19H22N2O3S2. The van der Waals surface area contributed by atoms with Crippen LogP contribution in [0.15, 0.2) is 52.3 Å². The van der Waals surface area contributed by atoms with Gasteiger partial charge in [-0.2, -0.15) is 0 Å². The Balaban J connectivity index is 1.86. The minimum atomic E-state index is -3.66. The van der Waals surface area contributed by atoms with Crippen LogP contribution in [0.1, 0.15) is 24.5 Å². The fraction of sp³-hybridized carbons (Fsp3) is 0.316. The number of hydrogen-bond acceptors (Lipinski definition) is 4. The lowest BCUT2D eigenvalue weighted by atomic mass is 10.2. The Morgan fingerprint density at radius 1 is 1.19 bits per heavy atom. The summed E-state index contributed by atoms with van der Waals surface area (Å²) in [6.07, 6.45) is 0.882. The maximum atomic E-state index is 12.7. The van der Waals surface area contributed by atoms with E-state index < -0.39 is 10.0 Å². The van der Waals surface area contributed by atoms with Gasteiger partial charge >= 0.3 is 0 Å². The largest absolute Gasteiger partial charge is 0.311 e. The molecule has 2 aromatic carbocycles. The van der Waals surface area contributed by atoms with Gasteiger partial charge in [-0.25, -0.2) is 13.1 Å². The second-order valence-corrected chi connectivity index (χ2v) is 9.22. The lowest BCUT2D eigenvalue weighted by molar-refractivity contribution is -0.116. The molecule has 0 aromatic heterocycles. The molecule has 0 saturated carbocycles. The number of nitrogens with one attached hydrogen (secondary N) is 1. The molecule has 0 fully saturated rings. The molecule has 0 unspecified atom stereocenters. The summed E-state index contributed by atoms with van der Waals surface area (Å²) in [4.78, 5) is 14.7. The molecule has 1 aliphatic heterocycles. The van der Waals surface area contributed by atoms with E-state index in [-0.39, 0.29) is 17.3 Å². The number of amides is 1. The van der Waals surface area contributed by atoms with Crippen molar-refractivity contribution in [2.45, 2.75) is 36.6 Å². The SMILES string of the molecule is CC(=O)N1CCCSc2ccc(S(=O)(=O)NCc3ccc(C)cc3)cc21. The van der Waals surface area contributed by atoms with Gasteiger partial charge in [-0.15, -0.1) is 11.8 Å². The van der Waals surface area contributed by atoms with Crippen LogP contribution in [-0.2, 0) is 21.4 Å². The van der Waals surface area contributed by atoms with E-state index in [0.717, 1.165) is 28.2 Å². The molecule has 0 saturated heterocycles. The van der Waals surface area contributed by atoms with Crippen LogP contribution in [0.4, 0.5) is 5.69 Å². The van der Waals surface area contributed by atoms with Gasteiger partial charge in [-0.3, -0.25) is 4.79 Å². The van der Waals surface area contributed by atoms with E-state index in [4.69, 9.17) is 0 Å². The second kappa shape index (κ2) is 7.82. The number of nitrogens with zero attached hydrogens (tertiary/aromatic N) is 1. The smallest absolute Gasteiger partial charge is 0.240 e. The van der Waals surface area contributed by atoms with Crippen molar-refractivity contribution in [3.8, 4) is 0 Å². The van der Waals surface area contributed by atoms with Crippen LogP contribution in [0.2, 0.25) is 0 Å². The summed E-state index contributed by atoms with van der Waals surface area (Å²) in [6.45, 7) is 4.33. The minimum absolute atomic E-state index is 0.0732. The van der Waals surface area contributed by atoms with Crippen molar-refractivity contribution in [2.75, 3.05) is 17.2 Å².